The van der Waals surface area contributed by atoms with E-state index in [1.54, 1.807) is 35.6 Å². The zero-order chi connectivity index (χ0) is 16.8. The molecule has 0 aliphatic rings. The minimum absolute atomic E-state index is 0.0213. The molecule has 0 fully saturated rings. The second kappa shape index (κ2) is 7.87. The maximum absolute atomic E-state index is 12.1. The molecule has 23 heavy (non-hydrogen) atoms. The number of thiazole rings is 1. The maximum atomic E-state index is 12.1. The first-order chi connectivity index (χ1) is 11.0. The molecule has 1 atom stereocenters. The van der Waals surface area contributed by atoms with Crippen LogP contribution in [0.25, 0.3) is 0 Å². The Morgan fingerprint density at radius 3 is 2.52 bits per heavy atom. The van der Waals surface area contributed by atoms with E-state index in [9.17, 15) is 9.59 Å². The summed E-state index contributed by atoms with van der Waals surface area (Å²) in [7, 11) is 0. The van der Waals surface area contributed by atoms with E-state index in [1.807, 2.05) is 20.0 Å². The lowest BCUT2D eigenvalue weighted by Gasteiger charge is -2.14. The quantitative estimate of drug-likeness (QED) is 0.815. The number of aromatic carboxylic acids is 1. The first-order valence-corrected chi connectivity index (χ1v) is 8.35. The Labute approximate surface area is 139 Å². The molecule has 0 spiro atoms. The summed E-state index contributed by atoms with van der Waals surface area (Å²) in [5.41, 5.74) is 1.20. The summed E-state index contributed by atoms with van der Waals surface area (Å²) in [5, 5.41) is 12.8. The topological polar surface area (TPSA) is 79.3 Å². The lowest BCUT2D eigenvalue weighted by molar-refractivity contribution is -0.121. The summed E-state index contributed by atoms with van der Waals surface area (Å²) in [4.78, 5) is 28.4. The van der Waals surface area contributed by atoms with Crippen molar-refractivity contribution in [1.82, 2.24) is 10.3 Å². The van der Waals surface area contributed by atoms with Crippen LogP contribution in [0.2, 0.25) is 0 Å². The van der Waals surface area contributed by atoms with Gasteiger partial charge in [0.15, 0.2) is 0 Å². The predicted molar refractivity (Wildman–Crippen MR) is 89.7 cm³/mol. The fourth-order valence-electron chi connectivity index (χ4n) is 2.21. The summed E-state index contributed by atoms with van der Waals surface area (Å²) < 4.78 is 0. The third-order valence-electron chi connectivity index (χ3n) is 3.52. The third-order valence-corrected chi connectivity index (χ3v) is 4.55. The van der Waals surface area contributed by atoms with Gasteiger partial charge < -0.3 is 10.4 Å². The predicted octanol–water partition coefficient (Wildman–Crippen LogP) is 3.35. The van der Waals surface area contributed by atoms with Crippen LogP contribution in [0.3, 0.4) is 0 Å². The Balaban J connectivity index is 1.87. The highest BCUT2D eigenvalue weighted by molar-refractivity contribution is 7.11. The van der Waals surface area contributed by atoms with Crippen LogP contribution in [0.1, 0.15) is 51.6 Å². The van der Waals surface area contributed by atoms with Crippen LogP contribution < -0.4 is 5.32 Å². The lowest BCUT2D eigenvalue weighted by atomic mass is 10.1. The molecule has 2 rings (SSSR count). The fraction of sp³-hybridized carbons (Fsp3) is 0.353. The van der Waals surface area contributed by atoms with Gasteiger partial charge in [-0.1, -0.05) is 19.1 Å². The van der Waals surface area contributed by atoms with Crippen molar-refractivity contribution in [3.8, 4) is 0 Å². The van der Waals surface area contributed by atoms with E-state index in [4.69, 9.17) is 5.11 Å². The van der Waals surface area contributed by atoms with Crippen molar-refractivity contribution < 1.29 is 14.7 Å². The Hall–Kier alpha value is -2.21. The smallest absolute Gasteiger partial charge is 0.335 e. The second-order valence-corrected chi connectivity index (χ2v) is 6.61. The van der Waals surface area contributed by atoms with E-state index in [1.165, 1.54) is 0 Å². The van der Waals surface area contributed by atoms with Crippen molar-refractivity contribution in [3.05, 3.63) is 51.5 Å². The highest BCUT2D eigenvalue weighted by Gasteiger charge is 2.15. The summed E-state index contributed by atoms with van der Waals surface area (Å²) in [6, 6.07) is 6.57. The second-order valence-electron chi connectivity index (χ2n) is 5.34. The molecule has 2 aromatic rings. The van der Waals surface area contributed by atoms with Crippen LogP contribution >= 0.6 is 11.3 Å². The van der Waals surface area contributed by atoms with Gasteiger partial charge in [-0.3, -0.25) is 4.79 Å². The van der Waals surface area contributed by atoms with Crippen molar-refractivity contribution in [1.29, 1.82) is 0 Å². The minimum atomic E-state index is -0.946. The number of aryl methyl sites for hydroxylation is 2. The van der Waals surface area contributed by atoms with Gasteiger partial charge in [-0.15, -0.1) is 11.3 Å². The van der Waals surface area contributed by atoms with E-state index in [2.05, 4.69) is 10.3 Å². The number of benzene rings is 1. The van der Waals surface area contributed by atoms with E-state index < -0.39 is 5.97 Å². The molecule has 5 nitrogen and oxygen atoms in total. The molecule has 0 aliphatic heterocycles. The number of amides is 1. The average molecular weight is 332 g/mol. The summed E-state index contributed by atoms with van der Waals surface area (Å²) in [6.07, 6.45) is 3.57. The van der Waals surface area contributed by atoms with Gasteiger partial charge in [-0.2, -0.15) is 0 Å². The van der Waals surface area contributed by atoms with Crippen LogP contribution in [0.5, 0.6) is 0 Å². The molecule has 2 N–H and O–H groups in total. The number of rotatable bonds is 7. The van der Waals surface area contributed by atoms with Gasteiger partial charge in [0, 0.05) is 17.5 Å². The summed E-state index contributed by atoms with van der Waals surface area (Å²) >= 11 is 1.60. The number of carbonyl (C=O) groups is 2. The lowest BCUT2D eigenvalue weighted by Crippen LogP contribution is -2.28. The molecule has 1 aromatic heterocycles. The van der Waals surface area contributed by atoms with E-state index >= 15 is 0 Å². The highest BCUT2D eigenvalue weighted by Crippen LogP contribution is 2.22. The van der Waals surface area contributed by atoms with Gasteiger partial charge in [-0.25, -0.2) is 9.78 Å². The Kier molecular flexibility index (Phi) is 5.87. The molecule has 122 valence electrons. The minimum Gasteiger partial charge on any atom is -0.478 e. The SMILES string of the molecule is CC[C@@H](NC(=O)CCc1ccc(C(=O)O)cc1)c1ncc(C)s1. The largest absolute Gasteiger partial charge is 0.478 e. The van der Waals surface area contributed by atoms with Crippen molar-refractivity contribution >= 4 is 23.2 Å². The van der Waals surface area contributed by atoms with Crippen molar-refractivity contribution in [2.45, 2.75) is 39.2 Å². The standard InChI is InChI=1S/C17H20N2O3S/c1-3-14(16-18-10-11(2)23-16)19-15(20)9-6-12-4-7-13(8-5-12)17(21)22/h4-5,7-8,10,14H,3,6,9H2,1-2H3,(H,19,20)(H,21,22)/t14-/m1/s1. The summed E-state index contributed by atoms with van der Waals surface area (Å²) in [6.45, 7) is 4.02. The molecule has 0 aliphatic carbocycles. The van der Waals surface area contributed by atoms with Gasteiger partial charge in [0.25, 0.3) is 0 Å². The molecular weight excluding hydrogens is 312 g/mol. The van der Waals surface area contributed by atoms with Gasteiger partial charge in [-0.05, 0) is 37.5 Å². The molecule has 1 heterocycles. The molecule has 1 amide bonds. The Morgan fingerprint density at radius 2 is 2.00 bits per heavy atom. The highest BCUT2D eigenvalue weighted by atomic mass is 32.1. The van der Waals surface area contributed by atoms with Crippen LogP contribution in [-0.2, 0) is 11.2 Å². The first-order valence-electron chi connectivity index (χ1n) is 7.53. The molecular formula is C17H20N2O3S. The zero-order valence-electron chi connectivity index (χ0n) is 13.2. The molecule has 0 radical (unpaired) electrons. The number of hydrogen-bond donors (Lipinski definition) is 2. The third kappa shape index (κ3) is 4.89. The number of carbonyl (C=O) groups excluding carboxylic acids is 1. The maximum Gasteiger partial charge on any atom is 0.335 e. The van der Waals surface area contributed by atoms with Crippen LogP contribution in [0, 0.1) is 6.92 Å². The van der Waals surface area contributed by atoms with Crippen LogP contribution in [0.4, 0.5) is 0 Å². The monoisotopic (exact) mass is 332 g/mol. The van der Waals surface area contributed by atoms with Crippen LogP contribution in [0.15, 0.2) is 30.5 Å². The number of carboxylic acids is 1. The number of hydrogen-bond acceptors (Lipinski definition) is 4. The van der Waals surface area contributed by atoms with E-state index in [-0.39, 0.29) is 17.5 Å². The van der Waals surface area contributed by atoms with Crippen molar-refractivity contribution in [3.63, 3.8) is 0 Å². The molecule has 1 aromatic carbocycles. The normalized spacial score (nSPS) is 11.9. The zero-order valence-corrected chi connectivity index (χ0v) is 14.0. The number of nitrogens with one attached hydrogen (secondary N) is 1. The molecule has 0 bridgehead atoms. The fourth-order valence-corrected chi connectivity index (χ4v) is 3.12. The Bertz CT molecular complexity index is 679. The summed E-state index contributed by atoms with van der Waals surface area (Å²) in [5.74, 6) is -0.967. The molecule has 6 heteroatoms. The van der Waals surface area contributed by atoms with Gasteiger partial charge in [0.05, 0.1) is 11.6 Å². The molecule has 0 saturated heterocycles. The molecule has 0 saturated carbocycles. The van der Waals surface area contributed by atoms with Gasteiger partial charge in [0.1, 0.15) is 5.01 Å². The van der Waals surface area contributed by atoms with Crippen molar-refractivity contribution in [2.24, 2.45) is 0 Å². The van der Waals surface area contributed by atoms with Gasteiger partial charge >= 0.3 is 5.97 Å². The average Bonchev–Trinajstić information content (AvgIpc) is 2.97. The van der Waals surface area contributed by atoms with Gasteiger partial charge in [0.2, 0.25) is 5.91 Å². The van der Waals surface area contributed by atoms with E-state index in [0.717, 1.165) is 21.9 Å². The first kappa shape index (κ1) is 17.1. The van der Waals surface area contributed by atoms with Crippen LogP contribution in [-0.4, -0.2) is 22.0 Å². The number of carboxylic acid groups (broad SMARTS) is 1. The molecule has 0 unspecified atom stereocenters. The number of aromatic nitrogens is 1. The number of nitrogens with zero attached hydrogens (tertiary/aromatic N) is 1. The Morgan fingerprint density at radius 1 is 1.30 bits per heavy atom. The van der Waals surface area contributed by atoms with Crippen molar-refractivity contribution in [2.75, 3.05) is 0 Å². The van der Waals surface area contributed by atoms with E-state index in [0.29, 0.717) is 12.8 Å².